The maximum absolute atomic E-state index is 12.0. The Morgan fingerprint density at radius 3 is 2.62 bits per heavy atom. The molecule has 3 rings (SSSR count). The number of amides is 1. The number of aromatic nitrogens is 1. The molecular formula is C19H23N3O2. The van der Waals surface area contributed by atoms with E-state index in [1.54, 1.807) is 6.20 Å². The van der Waals surface area contributed by atoms with E-state index in [-0.39, 0.29) is 18.6 Å². The lowest BCUT2D eigenvalue weighted by Crippen LogP contribution is -2.60. The zero-order valence-electron chi connectivity index (χ0n) is 14.1. The molecule has 0 aliphatic carbocycles. The van der Waals surface area contributed by atoms with Gasteiger partial charge < -0.3 is 15.0 Å². The molecule has 1 aromatic carbocycles. The number of pyridine rings is 1. The fourth-order valence-electron chi connectivity index (χ4n) is 2.66. The standard InChI is InChI=1S/C19H23N3O2/c1-14(2)15-6-8-17(9-7-15)24-13-19(23)21-16-11-22(12-16)18-5-3-4-10-20-18/h3-10,14,16H,11-13H2,1-2H3,(H,21,23). The van der Waals surface area contributed by atoms with Crippen LogP contribution in [0.4, 0.5) is 5.82 Å². The molecule has 2 aromatic rings. The van der Waals surface area contributed by atoms with Gasteiger partial charge in [0.05, 0.1) is 6.04 Å². The number of carbonyl (C=O) groups is 1. The van der Waals surface area contributed by atoms with Crippen LogP contribution < -0.4 is 15.0 Å². The summed E-state index contributed by atoms with van der Waals surface area (Å²) in [7, 11) is 0. The molecule has 2 heterocycles. The monoisotopic (exact) mass is 325 g/mol. The summed E-state index contributed by atoms with van der Waals surface area (Å²) in [6, 6.07) is 13.9. The van der Waals surface area contributed by atoms with Crippen LogP contribution >= 0.6 is 0 Å². The van der Waals surface area contributed by atoms with E-state index in [1.165, 1.54) is 5.56 Å². The second kappa shape index (κ2) is 7.34. The van der Waals surface area contributed by atoms with E-state index in [2.05, 4.69) is 29.0 Å². The van der Waals surface area contributed by atoms with Crippen molar-refractivity contribution < 1.29 is 9.53 Å². The maximum Gasteiger partial charge on any atom is 0.258 e. The Kier molecular flexibility index (Phi) is 4.99. The summed E-state index contributed by atoms with van der Waals surface area (Å²) in [5.74, 6) is 2.07. The number of benzene rings is 1. The van der Waals surface area contributed by atoms with Gasteiger partial charge in [-0.1, -0.05) is 32.0 Å². The smallest absolute Gasteiger partial charge is 0.258 e. The van der Waals surface area contributed by atoms with Crippen LogP contribution in [0.3, 0.4) is 0 Å². The highest BCUT2D eigenvalue weighted by atomic mass is 16.5. The minimum Gasteiger partial charge on any atom is -0.484 e. The number of hydrogen-bond acceptors (Lipinski definition) is 4. The number of rotatable bonds is 6. The number of hydrogen-bond donors (Lipinski definition) is 1. The molecule has 0 saturated carbocycles. The molecule has 126 valence electrons. The molecule has 1 fully saturated rings. The zero-order chi connectivity index (χ0) is 16.9. The highest BCUT2D eigenvalue weighted by molar-refractivity contribution is 5.78. The molecule has 1 saturated heterocycles. The number of nitrogens with one attached hydrogen (secondary N) is 1. The minimum absolute atomic E-state index is 0.0428. The summed E-state index contributed by atoms with van der Waals surface area (Å²) in [4.78, 5) is 18.4. The van der Waals surface area contributed by atoms with Gasteiger partial charge in [-0.15, -0.1) is 0 Å². The number of nitrogens with zero attached hydrogens (tertiary/aromatic N) is 2. The Hall–Kier alpha value is -2.56. The molecule has 24 heavy (non-hydrogen) atoms. The van der Waals surface area contributed by atoms with Crippen molar-refractivity contribution >= 4 is 11.7 Å². The Bertz CT molecular complexity index is 665. The van der Waals surface area contributed by atoms with Crippen LogP contribution in [0.15, 0.2) is 48.7 Å². The molecule has 1 N–H and O–H groups in total. The van der Waals surface area contributed by atoms with Crippen molar-refractivity contribution in [1.82, 2.24) is 10.3 Å². The molecular weight excluding hydrogens is 302 g/mol. The average Bonchev–Trinajstić information content (AvgIpc) is 2.57. The molecule has 1 aliphatic rings. The molecule has 0 unspecified atom stereocenters. The Labute approximate surface area is 142 Å². The third-order valence-electron chi connectivity index (χ3n) is 4.14. The van der Waals surface area contributed by atoms with Crippen LogP contribution in [0.1, 0.15) is 25.3 Å². The van der Waals surface area contributed by atoms with Crippen LogP contribution in [-0.4, -0.2) is 36.6 Å². The molecule has 5 heteroatoms. The molecule has 0 spiro atoms. The summed E-state index contributed by atoms with van der Waals surface area (Å²) in [6.45, 7) is 5.91. The van der Waals surface area contributed by atoms with Gasteiger partial charge in [-0.25, -0.2) is 4.98 Å². The Balaban J connectivity index is 1.39. The van der Waals surface area contributed by atoms with Gasteiger partial charge in [0, 0.05) is 19.3 Å². The lowest BCUT2D eigenvalue weighted by molar-refractivity contribution is -0.123. The van der Waals surface area contributed by atoms with Crippen molar-refractivity contribution in [3.8, 4) is 5.75 Å². The zero-order valence-corrected chi connectivity index (χ0v) is 14.1. The van der Waals surface area contributed by atoms with Gasteiger partial charge in [0.15, 0.2) is 6.61 Å². The summed E-state index contributed by atoms with van der Waals surface area (Å²) < 4.78 is 5.55. The lowest BCUT2D eigenvalue weighted by atomic mass is 10.0. The van der Waals surface area contributed by atoms with Gasteiger partial charge in [0.25, 0.3) is 5.91 Å². The minimum atomic E-state index is -0.0893. The first kappa shape index (κ1) is 16.3. The molecule has 0 atom stereocenters. The molecule has 1 aliphatic heterocycles. The van der Waals surface area contributed by atoms with Gasteiger partial charge in [-0.3, -0.25) is 4.79 Å². The quantitative estimate of drug-likeness (QED) is 0.887. The van der Waals surface area contributed by atoms with Crippen LogP contribution in [-0.2, 0) is 4.79 Å². The number of anilines is 1. The van der Waals surface area contributed by atoms with E-state index in [1.807, 2.05) is 42.5 Å². The predicted molar refractivity (Wildman–Crippen MR) is 94.4 cm³/mol. The summed E-state index contributed by atoms with van der Waals surface area (Å²) in [5, 5.41) is 2.98. The highest BCUT2D eigenvalue weighted by Gasteiger charge is 2.28. The fourth-order valence-corrected chi connectivity index (χ4v) is 2.66. The number of ether oxygens (including phenoxy) is 1. The lowest BCUT2D eigenvalue weighted by Gasteiger charge is -2.40. The van der Waals surface area contributed by atoms with Crippen LogP contribution in [0.5, 0.6) is 5.75 Å². The molecule has 0 radical (unpaired) electrons. The first-order chi connectivity index (χ1) is 11.6. The number of carbonyl (C=O) groups excluding carboxylic acids is 1. The Morgan fingerprint density at radius 2 is 2.00 bits per heavy atom. The van der Waals surface area contributed by atoms with Crippen molar-refractivity contribution in [3.63, 3.8) is 0 Å². The summed E-state index contributed by atoms with van der Waals surface area (Å²) >= 11 is 0. The van der Waals surface area contributed by atoms with Gasteiger partial charge in [-0.05, 0) is 35.7 Å². The van der Waals surface area contributed by atoms with E-state index in [0.29, 0.717) is 5.92 Å². The van der Waals surface area contributed by atoms with Gasteiger partial charge in [0.1, 0.15) is 11.6 Å². The Morgan fingerprint density at radius 1 is 1.25 bits per heavy atom. The SMILES string of the molecule is CC(C)c1ccc(OCC(=O)NC2CN(c3ccccn3)C2)cc1. The van der Waals surface area contributed by atoms with E-state index in [9.17, 15) is 4.79 Å². The first-order valence-corrected chi connectivity index (χ1v) is 8.30. The molecule has 5 nitrogen and oxygen atoms in total. The normalized spacial score (nSPS) is 14.4. The van der Waals surface area contributed by atoms with Crippen molar-refractivity contribution in [3.05, 3.63) is 54.2 Å². The summed E-state index contributed by atoms with van der Waals surface area (Å²) in [5.41, 5.74) is 1.26. The fraction of sp³-hybridized carbons (Fsp3) is 0.368. The van der Waals surface area contributed by atoms with E-state index in [4.69, 9.17) is 4.74 Å². The third kappa shape index (κ3) is 4.04. The van der Waals surface area contributed by atoms with Crippen molar-refractivity contribution in [2.75, 3.05) is 24.6 Å². The predicted octanol–water partition coefficient (Wildman–Crippen LogP) is 2.59. The van der Waals surface area contributed by atoms with Crippen LogP contribution in [0, 0.1) is 0 Å². The van der Waals surface area contributed by atoms with Crippen LogP contribution in [0.2, 0.25) is 0 Å². The van der Waals surface area contributed by atoms with E-state index >= 15 is 0 Å². The highest BCUT2D eigenvalue weighted by Crippen LogP contribution is 2.19. The molecule has 1 amide bonds. The van der Waals surface area contributed by atoms with E-state index in [0.717, 1.165) is 24.7 Å². The van der Waals surface area contributed by atoms with E-state index < -0.39 is 0 Å². The first-order valence-electron chi connectivity index (χ1n) is 8.30. The van der Waals surface area contributed by atoms with Crippen molar-refractivity contribution in [2.45, 2.75) is 25.8 Å². The topological polar surface area (TPSA) is 54.5 Å². The second-order valence-corrected chi connectivity index (χ2v) is 6.37. The third-order valence-corrected chi connectivity index (χ3v) is 4.14. The van der Waals surface area contributed by atoms with Crippen LogP contribution in [0.25, 0.3) is 0 Å². The maximum atomic E-state index is 12.0. The largest absolute Gasteiger partial charge is 0.484 e. The van der Waals surface area contributed by atoms with Gasteiger partial charge >= 0.3 is 0 Å². The average molecular weight is 325 g/mol. The molecule has 1 aromatic heterocycles. The summed E-state index contributed by atoms with van der Waals surface area (Å²) in [6.07, 6.45) is 1.78. The van der Waals surface area contributed by atoms with Gasteiger partial charge in [0.2, 0.25) is 0 Å². The van der Waals surface area contributed by atoms with Gasteiger partial charge in [-0.2, -0.15) is 0 Å². The molecule has 0 bridgehead atoms. The van der Waals surface area contributed by atoms with Crippen molar-refractivity contribution in [1.29, 1.82) is 0 Å². The van der Waals surface area contributed by atoms with Crippen molar-refractivity contribution in [2.24, 2.45) is 0 Å². The second-order valence-electron chi connectivity index (χ2n) is 6.37.